The maximum atomic E-state index is 12.0. The Hall–Kier alpha value is -1.68. The van der Waals surface area contributed by atoms with Gasteiger partial charge in [0.15, 0.2) is 0 Å². The summed E-state index contributed by atoms with van der Waals surface area (Å²) in [6, 6.07) is 2.75. The van der Waals surface area contributed by atoms with Crippen LogP contribution in [0.1, 0.15) is 11.1 Å². The molecule has 0 saturated heterocycles. The minimum Gasteiger partial charge on any atom is -0.386 e. The average molecular weight is 252 g/mol. The van der Waals surface area contributed by atoms with Crippen LogP contribution < -0.4 is 10.5 Å². The topological polar surface area (TPSA) is 71.9 Å². The van der Waals surface area contributed by atoms with Gasteiger partial charge in [-0.05, 0) is 11.6 Å². The van der Waals surface area contributed by atoms with Crippen molar-refractivity contribution >= 4 is 17.4 Å². The van der Waals surface area contributed by atoms with Gasteiger partial charge in [0.05, 0.1) is 0 Å². The largest absolute Gasteiger partial charge is 0.574 e. The molecular weight excluding hydrogens is 247 g/mol. The third kappa shape index (κ3) is 2.90. The minimum absolute atomic E-state index is 0.135. The summed E-state index contributed by atoms with van der Waals surface area (Å²) in [4.78, 5) is 3.29. The number of pyridine rings is 1. The molecule has 0 fully saturated rings. The highest BCUT2D eigenvalue weighted by Crippen LogP contribution is 2.28. The Bertz CT molecular complexity index is 441. The van der Waals surface area contributed by atoms with Crippen LogP contribution in [-0.4, -0.2) is 11.3 Å². The highest BCUT2D eigenvalue weighted by molar-refractivity contribution is 6.17. The van der Waals surface area contributed by atoms with Crippen LogP contribution in [0.5, 0.6) is 5.88 Å². The van der Waals surface area contributed by atoms with Gasteiger partial charge in [0.1, 0.15) is 17.5 Å². The van der Waals surface area contributed by atoms with Crippen molar-refractivity contribution in [1.82, 2.24) is 4.98 Å². The van der Waals surface area contributed by atoms with Crippen molar-refractivity contribution in [3.05, 3.63) is 17.2 Å². The maximum absolute atomic E-state index is 12.0. The third-order valence-electron chi connectivity index (χ3n) is 1.56. The Balaban J connectivity index is 3.27. The number of hydrogen-bond donors (Lipinski definition) is 1. The van der Waals surface area contributed by atoms with Crippen molar-refractivity contribution in [2.24, 2.45) is 0 Å². The molecule has 86 valence electrons. The molecule has 0 atom stereocenters. The number of halogens is 4. The third-order valence-corrected chi connectivity index (χ3v) is 1.84. The summed E-state index contributed by atoms with van der Waals surface area (Å²) in [5, 5.41) is 8.68. The Labute approximate surface area is 93.4 Å². The van der Waals surface area contributed by atoms with E-state index in [9.17, 15) is 13.2 Å². The molecule has 4 nitrogen and oxygen atoms in total. The first-order chi connectivity index (χ1) is 7.37. The molecule has 0 bridgehead atoms. The Morgan fingerprint density at radius 3 is 2.62 bits per heavy atom. The number of rotatable bonds is 2. The molecular formula is C8H5ClF3N3O. The molecule has 0 unspecified atom stereocenters. The smallest absolute Gasteiger partial charge is 0.386 e. The van der Waals surface area contributed by atoms with Gasteiger partial charge in [0, 0.05) is 5.88 Å². The van der Waals surface area contributed by atoms with Crippen molar-refractivity contribution in [2.45, 2.75) is 12.2 Å². The molecule has 0 amide bonds. The van der Waals surface area contributed by atoms with E-state index in [0.717, 1.165) is 0 Å². The quantitative estimate of drug-likeness (QED) is 0.818. The van der Waals surface area contributed by atoms with Crippen molar-refractivity contribution in [1.29, 1.82) is 5.26 Å². The molecule has 1 aromatic heterocycles. The first-order valence-electron chi connectivity index (χ1n) is 3.88. The van der Waals surface area contributed by atoms with Crippen molar-refractivity contribution in [2.75, 3.05) is 5.73 Å². The molecule has 2 N–H and O–H groups in total. The van der Waals surface area contributed by atoms with E-state index in [0.29, 0.717) is 0 Å². The van der Waals surface area contributed by atoms with E-state index >= 15 is 0 Å². The van der Waals surface area contributed by atoms with Crippen LogP contribution in [0.4, 0.5) is 19.0 Å². The van der Waals surface area contributed by atoms with E-state index in [-0.39, 0.29) is 22.8 Å². The van der Waals surface area contributed by atoms with E-state index in [2.05, 4.69) is 9.72 Å². The number of nitrogen functional groups attached to an aromatic ring is 1. The van der Waals surface area contributed by atoms with Crippen LogP contribution in [0, 0.1) is 11.3 Å². The van der Waals surface area contributed by atoms with Crippen LogP contribution in [-0.2, 0) is 5.88 Å². The second-order valence-corrected chi connectivity index (χ2v) is 2.95. The van der Waals surface area contributed by atoms with Crippen LogP contribution in [0.3, 0.4) is 0 Å². The number of nitrogens with zero attached hydrogens (tertiary/aromatic N) is 2. The molecule has 8 heteroatoms. The van der Waals surface area contributed by atoms with Gasteiger partial charge < -0.3 is 10.5 Å². The fraction of sp³-hybridized carbons (Fsp3) is 0.250. The average Bonchev–Trinajstić information content (AvgIpc) is 2.14. The lowest BCUT2D eigenvalue weighted by molar-refractivity contribution is -0.276. The predicted molar refractivity (Wildman–Crippen MR) is 49.6 cm³/mol. The number of nitrogens with two attached hydrogens (primary N) is 1. The molecule has 0 saturated carbocycles. The summed E-state index contributed by atoms with van der Waals surface area (Å²) < 4.78 is 39.5. The van der Waals surface area contributed by atoms with Crippen molar-refractivity contribution in [3.8, 4) is 11.9 Å². The van der Waals surface area contributed by atoms with Crippen LogP contribution in [0.25, 0.3) is 0 Å². The molecule has 16 heavy (non-hydrogen) atoms. The first-order valence-corrected chi connectivity index (χ1v) is 4.42. The van der Waals surface area contributed by atoms with E-state index in [1.165, 1.54) is 12.1 Å². The maximum Gasteiger partial charge on any atom is 0.574 e. The Morgan fingerprint density at radius 1 is 1.56 bits per heavy atom. The molecule has 0 aliphatic rings. The van der Waals surface area contributed by atoms with Gasteiger partial charge in [-0.1, -0.05) is 0 Å². The van der Waals surface area contributed by atoms with Crippen LogP contribution >= 0.6 is 11.6 Å². The van der Waals surface area contributed by atoms with Gasteiger partial charge in [-0.15, -0.1) is 24.8 Å². The highest BCUT2D eigenvalue weighted by Gasteiger charge is 2.33. The zero-order chi connectivity index (χ0) is 12.3. The normalized spacial score (nSPS) is 10.9. The number of hydrogen-bond acceptors (Lipinski definition) is 4. The minimum atomic E-state index is -4.93. The first kappa shape index (κ1) is 12.4. The lowest BCUT2D eigenvalue weighted by Gasteiger charge is -2.11. The molecule has 1 rings (SSSR count). The van der Waals surface area contributed by atoms with Gasteiger partial charge in [-0.3, -0.25) is 0 Å². The zero-order valence-electron chi connectivity index (χ0n) is 7.68. The molecule has 0 aliphatic carbocycles. The summed E-state index contributed by atoms with van der Waals surface area (Å²) >= 11 is 5.45. The van der Waals surface area contributed by atoms with E-state index < -0.39 is 12.2 Å². The molecule has 0 aliphatic heterocycles. The summed E-state index contributed by atoms with van der Waals surface area (Å²) in [6.45, 7) is 0. The standard InChI is InChI=1S/C8H5ClF3N3O/c9-2-4-1-6(14)15-7(5(4)3-13)16-8(10,11)12/h1H,2H2,(H2,14,15). The molecule has 0 aromatic carbocycles. The second kappa shape index (κ2) is 4.45. The predicted octanol–water partition coefficient (Wildman–Crippen LogP) is 2.17. The highest BCUT2D eigenvalue weighted by atomic mass is 35.5. The monoisotopic (exact) mass is 251 g/mol. The summed E-state index contributed by atoms with van der Waals surface area (Å²) in [7, 11) is 0. The van der Waals surface area contributed by atoms with E-state index in [1.807, 2.05) is 0 Å². The summed E-state index contributed by atoms with van der Waals surface area (Å²) in [6.07, 6.45) is -4.93. The fourth-order valence-electron chi connectivity index (χ4n) is 1.00. The Morgan fingerprint density at radius 2 is 2.19 bits per heavy atom. The molecule has 0 spiro atoms. The number of anilines is 1. The van der Waals surface area contributed by atoms with Gasteiger partial charge in [0.2, 0.25) is 5.88 Å². The second-order valence-electron chi connectivity index (χ2n) is 2.68. The molecule has 0 radical (unpaired) electrons. The van der Waals surface area contributed by atoms with Gasteiger partial charge in [-0.2, -0.15) is 10.2 Å². The lowest BCUT2D eigenvalue weighted by atomic mass is 10.1. The van der Waals surface area contributed by atoms with E-state index in [1.54, 1.807) is 0 Å². The van der Waals surface area contributed by atoms with Gasteiger partial charge in [-0.25, -0.2) is 0 Å². The number of nitriles is 1. The summed E-state index contributed by atoms with van der Waals surface area (Å²) in [5.74, 6) is -1.25. The number of ether oxygens (including phenoxy) is 1. The van der Waals surface area contributed by atoms with Crippen molar-refractivity contribution in [3.63, 3.8) is 0 Å². The zero-order valence-corrected chi connectivity index (χ0v) is 8.43. The van der Waals surface area contributed by atoms with Gasteiger partial charge in [0.25, 0.3) is 0 Å². The fourth-order valence-corrected chi connectivity index (χ4v) is 1.21. The van der Waals surface area contributed by atoms with Gasteiger partial charge >= 0.3 is 6.36 Å². The van der Waals surface area contributed by atoms with Crippen LogP contribution in [0.2, 0.25) is 0 Å². The molecule has 1 heterocycles. The number of aromatic nitrogens is 1. The van der Waals surface area contributed by atoms with Crippen molar-refractivity contribution < 1.29 is 17.9 Å². The SMILES string of the molecule is N#Cc1c(CCl)cc(N)nc1OC(F)(F)F. The number of alkyl halides is 4. The van der Waals surface area contributed by atoms with Crippen LogP contribution in [0.15, 0.2) is 6.07 Å². The van der Waals surface area contributed by atoms with E-state index in [4.69, 9.17) is 22.6 Å². The molecule has 1 aromatic rings. The Kier molecular flexibility index (Phi) is 3.44. The summed E-state index contributed by atoms with van der Waals surface area (Å²) in [5.41, 5.74) is 5.01. The lowest BCUT2D eigenvalue weighted by Crippen LogP contribution is -2.19.